The number of esters is 3. The van der Waals surface area contributed by atoms with E-state index in [0.29, 0.717) is 19.3 Å². The Morgan fingerprint density at radius 3 is 1.09 bits per heavy atom. The molecule has 0 rings (SSSR count). The smallest absolute Gasteiger partial charge is 0.306 e. The van der Waals surface area contributed by atoms with Gasteiger partial charge in [0.2, 0.25) is 0 Å². The summed E-state index contributed by atoms with van der Waals surface area (Å²) < 4.78 is 16.9. The molecule has 0 aromatic rings. The fraction of sp³-hybridized carbons (Fsp3) is 0.721. The Bertz CT molecular complexity index is 1300. The van der Waals surface area contributed by atoms with Crippen LogP contribution in [0.15, 0.2) is 85.1 Å². The third-order valence-corrected chi connectivity index (χ3v) is 11.9. The van der Waals surface area contributed by atoms with E-state index in [-0.39, 0.29) is 31.1 Å². The molecule has 0 bridgehead atoms. The average molecular weight is 933 g/mol. The predicted octanol–water partition coefficient (Wildman–Crippen LogP) is 18.8. The SMILES string of the molecule is CC\C=C/C=C\C=C/CCCCCCCCCC(=O)OC(COC(=O)CCCCCCCCC/C=C\CCCCCC)COC(=O)CCCCCCCCCCC/C=C\C/C=C\C/C=C\CC. The Morgan fingerprint density at radius 1 is 0.328 bits per heavy atom. The van der Waals surface area contributed by atoms with E-state index in [1.807, 2.05) is 0 Å². The summed E-state index contributed by atoms with van der Waals surface area (Å²) in [7, 11) is 0. The number of ether oxygens (including phenoxy) is 3. The topological polar surface area (TPSA) is 78.9 Å². The normalized spacial score (nSPS) is 12.7. The minimum atomic E-state index is -0.787. The molecule has 0 aromatic carbocycles. The van der Waals surface area contributed by atoms with Crippen molar-refractivity contribution in [1.29, 1.82) is 0 Å². The van der Waals surface area contributed by atoms with Crippen molar-refractivity contribution in [3.63, 3.8) is 0 Å². The number of rotatable bonds is 50. The van der Waals surface area contributed by atoms with Crippen LogP contribution >= 0.6 is 0 Å². The Morgan fingerprint density at radius 2 is 0.657 bits per heavy atom. The standard InChI is InChI=1S/C61H104O6/c1-4-7-10-13-16-19-22-25-28-29-30-31-34-36-39-42-45-48-51-54-60(63)66-57-58(67-61(64)55-52-49-46-43-40-37-33-27-24-21-18-15-12-9-6-3)56-65-59(62)53-50-47-44-41-38-35-32-26-23-20-17-14-11-8-5-2/h7,9-10,12,15-16,18-21,23-25,28,58H,4-6,8,11,13-14,17,22,26-27,29-57H2,1-3H3/b10-7-,12-9-,18-15-,19-16-,23-20-,24-21-,28-25-. The van der Waals surface area contributed by atoms with E-state index in [1.165, 1.54) is 135 Å². The Balaban J connectivity index is 4.39. The second-order valence-corrected chi connectivity index (χ2v) is 18.5. The average Bonchev–Trinajstić information content (AvgIpc) is 3.33. The lowest BCUT2D eigenvalue weighted by Crippen LogP contribution is -2.30. The number of carbonyl (C=O) groups excluding carboxylic acids is 3. The largest absolute Gasteiger partial charge is 0.462 e. The lowest BCUT2D eigenvalue weighted by atomic mass is 10.1. The second-order valence-electron chi connectivity index (χ2n) is 18.5. The maximum atomic E-state index is 12.8. The number of hydrogen-bond donors (Lipinski definition) is 0. The molecule has 384 valence electrons. The zero-order valence-corrected chi connectivity index (χ0v) is 43.9. The minimum Gasteiger partial charge on any atom is -0.462 e. The molecule has 0 radical (unpaired) electrons. The van der Waals surface area contributed by atoms with Crippen molar-refractivity contribution >= 4 is 17.9 Å². The predicted molar refractivity (Wildman–Crippen MR) is 288 cm³/mol. The lowest BCUT2D eigenvalue weighted by Gasteiger charge is -2.18. The van der Waals surface area contributed by atoms with Gasteiger partial charge >= 0.3 is 17.9 Å². The van der Waals surface area contributed by atoms with Gasteiger partial charge in [-0.1, -0.05) is 234 Å². The fourth-order valence-corrected chi connectivity index (χ4v) is 7.75. The molecule has 0 fully saturated rings. The zero-order chi connectivity index (χ0) is 48.6. The summed E-state index contributed by atoms with van der Waals surface area (Å²) in [5.74, 6) is -0.902. The summed E-state index contributed by atoms with van der Waals surface area (Å²) in [6.45, 7) is 6.38. The molecule has 0 saturated carbocycles. The summed E-state index contributed by atoms with van der Waals surface area (Å²) >= 11 is 0. The molecule has 6 heteroatoms. The van der Waals surface area contributed by atoms with E-state index in [9.17, 15) is 14.4 Å². The van der Waals surface area contributed by atoms with Gasteiger partial charge in [-0.2, -0.15) is 0 Å². The Labute approximate surface area is 414 Å². The minimum absolute atomic E-state index is 0.0852. The van der Waals surface area contributed by atoms with Gasteiger partial charge in [0.05, 0.1) is 0 Å². The van der Waals surface area contributed by atoms with Gasteiger partial charge in [-0.25, -0.2) is 0 Å². The third kappa shape index (κ3) is 53.4. The first-order valence-corrected chi connectivity index (χ1v) is 28.1. The molecule has 0 N–H and O–H groups in total. The number of hydrogen-bond acceptors (Lipinski definition) is 6. The zero-order valence-electron chi connectivity index (χ0n) is 43.9. The molecular weight excluding hydrogens is 829 g/mol. The molecular formula is C61H104O6. The van der Waals surface area contributed by atoms with Crippen molar-refractivity contribution in [3.8, 4) is 0 Å². The molecule has 67 heavy (non-hydrogen) atoms. The molecule has 0 saturated heterocycles. The molecule has 0 aromatic heterocycles. The Kier molecular flexibility index (Phi) is 52.4. The van der Waals surface area contributed by atoms with Crippen LogP contribution in [0.3, 0.4) is 0 Å². The van der Waals surface area contributed by atoms with Crippen LogP contribution in [0.5, 0.6) is 0 Å². The van der Waals surface area contributed by atoms with Gasteiger partial charge in [-0.15, -0.1) is 0 Å². The first kappa shape index (κ1) is 63.6. The van der Waals surface area contributed by atoms with E-state index < -0.39 is 6.10 Å². The van der Waals surface area contributed by atoms with Gasteiger partial charge in [0.15, 0.2) is 6.10 Å². The molecule has 0 aliphatic heterocycles. The van der Waals surface area contributed by atoms with Crippen LogP contribution in [0.2, 0.25) is 0 Å². The highest BCUT2D eigenvalue weighted by Gasteiger charge is 2.19. The van der Waals surface area contributed by atoms with E-state index in [2.05, 4.69) is 106 Å². The van der Waals surface area contributed by atoms with Crippen LogP contribution in [0.4, 0.5) is 0 Å². The van der Waals surface area contributed by atoms with E-state index in [0.717, 1.165) is 89.9 Å². The monoisotopic (exact) mass is 933 g/mol. The molecule has 0 spiro atoms. The van der Waals surface area contributed by atoms with Gasteiger partial charge < -0.3 is 14.2 Å². The molecule has 6 nitrogen and oxygen atoms in total. The number of allylic oxidation sites excluding steroid dienone is 14. The fourth-order valence-electron chi connectivity index (χ4n) is 7.75. The van der Waals surface area contributed by atoms with Crippen molar-refractivity contribution in [2.75, 3.05) is 13.2 Å². The highest BCUT2D eigenvalue weighted by Crippen LogP contribution is 2.15. The summed E-state index contributed by atoms with van der Waals surface area (Å²) in [4.78, 5) is 38.1. The van der Waals surface area contributed by atoms with Crippen LogP contribution in [0, 0.1) is 0 Å². The Hall–Kier alpha value is -3.41. The van der Waals surface area contributed by atoms with Crippen LogP contribution in [0.25, 0.3) is 0 Å². The molecule has 1 unspecified atom stereocenters. The van der Waals surface area contributed by atoms with Crippen LogP contribution in [0.1, 0.15) is 265 Å². The molecule has 0 amide bonds. The van der Waals surface area contributed by atoms with Gasteiger partial charge in [0, 0.05) is 19.3 Å². The molecule has 0 aliphatic rings. The third-order valence-electron chi connectivity index (χ3n) is 11.9. The van der Waals surface area contributed by atoms with Crippen molar-refractivity contribution < 1.29 is 28.6 Å². The summed E-state index contributed by atoms with van der Waals surface area (Å²) in [6.07, 6.45) is 71.4. The maximum absolute atomic E-state index is 12.8. The van der Waals surface area contributed by atoms with Crippen LogP contribution in [-0.4, -0.2) is 37.2 Å². The van der Waals surface area contributed by atoms with Crippen molar-refractivity contribution in [2.24, 2.45) is 0 Å². The van der Waals surface area contributed by atoms with Crippen molar-refractivity contribution in [2.45, 2.75) is 271 Å². The van der Waals surface area contributed by atoms with E-state index in [4.69, 9.17) is 14.2 Å². The number of unbranched alkanes of at least 4 members (excludes halogenated alkanes) is 27. The van der Waals surface area contributed by atoms with Crippen LogP contribution < -0.4 is 0 Å². The summed E-state index contributed by atoms with van der Waals surface area (Å²) in [6, 6.07) is 0. The van der Waals surface area contributed by atoms with Gasteiger partial charge in [0.1, 0.15) is 13.2 Å². The van der Waals surface area contributed by atoms with Gasteiger partial charge in [-0.05, 0) is 96.3 Å². The number of carbonyl (C=O) groups is 3. The van der Waals surface area contributed by atoms with Crippen molar-refractivity contribution in [3.05, 3.63) is 85.1 Å². The van der Waals surface area contributed by atoms with E-state index >= 15 is 0 Å². The van der Waals surface area contributed by atoms with Crippen LogP contribution in [-0.2, 0) is 28.6 Å². The van der Waals surface area contributed by atoms with Crippen molar-refractivity contribution in [1.82, 2.24) is 0 Å². The maximum Gasteiger partial charge on any atom is 0.306 e. The first-order chi connectivity index (χ1) is 33.0. The highest BCUT2D eigenvalue weighted by atomic mass is 16.6. The molecule has 0 aliphatic carbocycles. The summed E-state index contributed by atoms with van der Waals surface area (Å²) in [5, 5.41) is 0. The highest BCUT2D eigenvalue weighted by molar-refractivity contribution is 5.71. The summed E-state index contributed by atoms with van der Waals surface area (Å²) in [5.41, 5.74) is 0. The van der Waals surface area contributed by atoms with Gasteiger partial charge in [-0.3, -0.25) is 14.4 Å². The lowest BCUT2D eigenvalue weighted by molar-refractivity contribution is -0.167. The van der Waals surface area contributed by atoms with Gasteiger partial charge in [0.25, 0.3) is 0 Å². The van der Waals surface area contributed by atoms with E-state index in [1.54, 1.807) is 0 Å². The first-order valence-electron chi connectivity index (χ1n) is 28.1. The molecule has 0 heterocycles. The molecule has 1 atom stereocenters. The second kappa shape index (κ2) is 55.2. The quantitative estimate of drug-likeness (QED) is 0.0199.